The fraction of sp³-hybridized carbons (Fsp3) is 1.00. The van der Waals surface area contributed by atoms with Gasteiger partial charge in [0.2, 0.25) is 0 Å². The van der Waals surface area contributed by atoms with Gasteiger partial charge in [-0.1, -0.05) is 129 Å². The molecule has 0 saturated carbocycles. The number of nitrogens with zero attached hydrogens (tertiary/aromatic N) is 1. The van der Waals surface area contributed by atoms with Gasteiger partial charge in [-0.15, -0.1) is 0 Å². The van der Waals surface area contributed by atoms with Gasteiger partial charge < -0.3 is 9.59 Å². The Balaban J connectivity index is 3.45. The molecule has 2 heteroatoms. The Hall–Kier alpha value is -0.0800. The minimum absolute atomic E-state index is 0.0841. The number of aliphatic hydroxyl groups is 1. The maximum Gasteiger partial charge on any atom is 0.0807 e. The van der Waals surface area contributed by atoms with E-state index < -0.39 is 0 Å². The number of unbranched alkanes of at least 4 members (excludes halogenated alkanes) is 18. The molecular formula is C29H62NO+. The van der Waals surface area contributed by atoms with E-state index in [9.17, 15) is 5.11 Å². The molecule has 1 atom stereocenters. The van der Waals surface area contributed by atoms with Gasteiger partial charge in [0, 0.05) is 6.42 Å². The normalized spacial score (nSPS) is 13.1. The molecule has 1 N–H and O–H groups in total. The third-order valence-electron chi connectivity index (χ3n) is 7.08. The highest BCUT2D eigenvalue weighted by atomic mass is 16.3. The molecule has 0 amide bonds. The molecule has 188 valence electrons. The summed E-state index contributed by atoms with van der Waals surface area (Å²) in [6.07, 6.45) is 29.7. The van der Waals surface area contributed by atoms with Crippen molar-refractivity contribution in [1.82, 2.24) is 0 Å². The lowest BCUT2D eigenvalue weighted by atomic mass is 10.0. The second kappa shape index (κ2) is 23.1. The quantitative estimate of drug-likeness (QED) is 0.111. The van der Waals surface area contributed by atoms with E-state index in [-0.39, 0.29) is 6.10 Å². The summed E-state index contributed by atoms with van der Waals surface area (Å²) in [7, 11) is 4.70. The van der Waals surface area contributed by atoms with Gasteiger partial charge in [0.25, 0.3) is 0 Å². The molecule has 0 aliphatic carbocycles. The van der Waals surface area contributed by atoms with E-state index in [2.05, 4.69) is 27.9 Å². The van der Waals surface area contributed by atoms with Crippen LogP contribution in [0.4, 0.5) is 0 Å². The van der Waals surface area contributed by atoms with E-state index in [1.54, 1.807) is 0 Å². The topological polar surface area (TPSA) is 20.2 Å². The fourth-order valence-corrected chi connectivity index (χ4v) is 4.65. The van der Waals surface area contributed by atoms with Crippen LogP contribution in [0.2, 0.25) is 0 Å². The molecule has 0 rings (SSSR count). The standard InChI is InChI=1S/C29H62NO/c1-5-7-9-11-13-15-17-19-21-23-25-29(31)26-28-30(3,4)27-24-22-20-18-16-14-12-10-8-6-2/h29,31H,5-28H2,1-4H3/q+1. The largest absolute Gasteiger partial charge is 0.393 e. The van der Waals surface area contributed by atoms with Gasteiger partial charge in [-0.3, -0.25) is 0 Å². The van der Waals surface area contributed by atoms with E-state index in [0.29, 0.717) is 0 Å². The zero-order valence-electron chi connectivity index (χ0n) is 22.4. The van der Waals surface area contributed by atoms with Gasteiger partial charge in [0.1, 0.15) is 0 Å². The fourth-order valence-electron chi connectivity index (χ4n) is 4.65. The van der Waals surface area contributed by atoms with Crippen LogP contribution in [0.1, 0.15) is 155 Å². The van der Waals surface area contributed by atoms with E-state index in [0.717, 1.165) is 23.9 Å². The lowest BCUT2D eigenvalue weighted by Gasteiger charge is -2.30. The molecule has 0 aromatic heterocycles. The Labute approximate surface area is 198 Å². The third kappa shape index (κ3) is 24.4. The van der Waals surface area contributed by atoms with Crippen LogP contribution < -0.4 is 0 Å². The first-order valence-electron chi connectivity index (χ1n) is 14.5. The first-order valence-corrected chi connectivity index (χ1v) is 14.5. The number of hydrogen-bond acceptors (Lipinski definition) is 1. The second-order valence-corrected chi connectivity index (χ2v) is 11.0. The van der Waals surface area contributed by atoms with Crippen LogP contribution in [-0.4, -0.2) is 42.9 Å². The predicted molar refractivity (Wildman–Crippen MR) is 141 cm³/mol. The Morgan fingerprint density at radius 3 is 1.23 bits per heavy atom. The molecular weight excluding hydrogens is 378 g/mol. The number of quaternary nitrogens is 1. The van der Waals surface area contributed by atoms with Gasteiger partial charge in [-0.2, -0.15) is 0 Å². The van der Waals surface area contributed by atoms with E-state index in [4.69, 9.17) is 0 Å². The molecule has 31 heavy (non-hydrogen) atoms. The van der Waals surface area contributed by atoms with Crippen LogP contribution in [0.15, 0.2) is 0 Å². The van der Waals surface area contributed by atoms with Crippen LogP contribution in [0, 0.1) is 0 Å². The molecule has 0 radical (unpaired) electrons. The molecule has 0 aromatic rings. The van der Waals surface area contributed by atoms with Crippen LogP contribution in [-0.2, 0) is 0 Å². The molecule has 1 unspecified atom stereocenters. The van der Waals surface area contributed by atoms with Gasteiger partial charge >= 0.3 is 0 Å². The lowest BCUT2D eigenvalue weighted by molar-refractivity contribution is -0.891. The average molecular weight is 441 g/mol. The highest BCUT2D eigenvalue weighted by molar-refractivity contribution is 4.57. The first kappa shape index (κ1) is 30.9. The van der Waals surface area contributed by atoms with Gasteiger partial charge in [-0.25, -0.2) is 0 Å². The predicted octanol–water partition coefficient (Wildman–Crippen LogP) is 9.05. The van der Waals surface area contributed by atoms with E-state index in [1.807, 2.05) is 0 Å². The molecule has 0 bridgehead atoms. The van der Waals surface area contributed by atoms with Gasteiger partial charge in [0.05, 0.1) is 33.3 Å². The molecule has 0 heterocycles. The van der Waals surface area contributed by atoms with Crippen molar-refractivity contribution in [2.45, 2.75) is 161 Å². The van der Waals surface area contributed by atoms with Crippen LogP contribution >= 0.6 is 0 Å². The first-order chi connectivity index (χ1) is 15.0. The minimum atomic E-state index is -0.0841. The molecule has 0 aliphatic heterocycles. The Bertz CT molecular complexity index is 342. The average Bonchev–Trinajstić information content (AvgIpc) is 2.75. The monoisotopic (exact) mass is 440 g/mol. The van der Waals surface area contributed by atoms with Crippen molar-refractivity contribution in [1.29, 1.82) is 0 Å². The Morgan fingerprint density at radius 2 is 0.806 bits per heavy atom. The number of hydrogen-bond donors (Lipinski definition) is 1. The zero-order valence-corrected chi connectivity index (χ0v) is 22.4. The second-order valence-electron chi connectivity index (χ2n) is 11.0. The summed E-state index contributed by atoms with van der Waals surface area (Å²) in [5.74, 6) is 0. The van der Waals surface area contributed by atoms with Crippen molar-refractivity contribution < 1.29 is 9.59 Å². The summed E-state index contributed by atoms with van der Waals surface area (Å²) < 4.78 is 1.08. The molecule has 0 spiro atoms. The summed E-state index contributed by atoms with van der Waals surface area (Å²) in [5, 5.41) is 10.4. The van der Waals surface area contributed by atoms with Crippen molar-refractivity contribution in [2.24, 2.45) is 0 Å². The molecule has 0 aromatic carbocycles. The van der Waals surface area contributed by atoms with Crippen LogP contribution in [0.25, 0.3) is 0 Å². The van der Waals surface area contributed by atoms with Gasteiger partial charge in [0.15, 0.2) is 0 Å². The third-order valence-corrected chi connectivity index (χ3v) is 7.08. The van der Waals surface area contributed by atoms with Crippen molar-refractivity contribution in [2.75, 3.05) is 27.2 Å². The zero-order chi connectivity index (χ0) is 23.0. The van der Waals surface area contributed by atoms with Crippen molar-refractivity contribution in [3.63, 3.8) is 0 Å². The summed E-state index contributed by atoms with van der Waals surface area (Å²) >= 11 is 0. The van der Waals surface area contributed by atoms with E-state index in [1.165, 1.54) is 135 Å². The Kier molecular flexibility index (Phi) is 23.0. The Morgan fingerprint density at radius 1 is 0.452 bits per heavy atom. The van der Waals surface area contributed by atoms with Crippen LogP contribution in [0.5, 0.6) is 0 Å². The highest BCUT2D eigenvalue weighted by Crippen LogP contribution is 2.15. The lowest BCUT2D eigenvalue weighted by Crippen LogP contribution is -2.42. The minimum Gasteiger partial charge on any atom is -0.393 e. The molecule has 2 nitrogen and oxygen atoms in total. The molecule has 0 saturated heterocycles. The smallest absolute Gasteiger partial charge is 0.0807 e. The SMILES string of the molecule is CCCCCCCCCCCCC(O)CC[N+](C)(C)CCCCCCCCCCCC. The van der Waals surface area contributed by atoms with Crippen molar-refractivity contribution >= 4 is 0 Å². The highest BCUT2D eigenvalue weighted by Gasteiger charge is 2.16. The number of rotatable bonds is 25. The maximum absolute atomic E-state index is 10.4. The van der Waals surface area contributed by atoms with Crippen LogP contribution in [0.3, 0.4) is 0 Å². The summed E-state index contributed by atoms with van der Waals surface area (Å²) in [6, 6.07) is 0. The summed E-state index contributed by atoms with van der Waals surface area (Å²) in [5.41, 5.74) is 0. The summed E-state index contributed by atoms with van der Waals surface area (Å²) in [6.45, 7) is 6.96. The molecule has 0 fully saturated rings. The van der Waals surface area contributed by atoms with Crippen molar-refractivity contribution in [3.05, 3.63) is 0 Å². The molecule has 0 aliphatic rings. The van der Waals surface area contributed by atoms with Crippen molar-refractivity contribution in [3.8, 4) is 0 Å². The number of aliphatic hydroxyl groups excluding tert-OH is 1. The maximum atomic E-state index is 10.4. The van der Waals surface area contributed by atoms with Gasteiger partial charge in [-0.05, 0) is 19.3 Å². The summed E-state index contributed by atoms with van der Waals surface area (Å²) in [4.78, 5) is 0. The van der Waals surface area contributed by atoms with E-state index >= 15 is 0 Å².